The quantitative estimate of drug-likeness (QED) is 0.825. The van der Waals surface area contributed by atoms with Gasteiger partial charge in [0.2, 0.25) is 6.29 Å². The van der Waals surface area contributed by atoms with E-state index in [0.717, 1.165) is 6.42 Å². The van der Waals surface area contributed by atoms with Crippen molar-refractivity contribution < 1.29 is 19.4 Å². The molecule has 0 radical (unpaired) electrons. The summed E-state index contributed by atoms with van der Waals surface area (Å²) in [5.41, 5.74) is 6.09. The number of fused-ring (bicyclic) bond motifs is 1. The van der Waals surface area contributed by atoms with Gasteiger partial charge in [-0.3, -0.25) is 4.79 Å². The Labute approximate surface area is 99.1 Å². The molecule has 0 spiro atoms. The van der Waals surface area contributed by atoms with Gasteiger partial charge in [-0.2, -0.15) is 0 Å². The Hall–Kier alpha value is -1.75. The van der Waals surface area contributed by atoms with Gasteiger partial charge in [-0.15, -0.1) is 0 Å². The molecule has 0 saturated carbocycles. The molecule has 0 fully saturated rings. The molecule has 2 unspecified atom stereocenters. The third kappa shape index (κ3) is 2.19. The van der Waals surface area contributed by atoms with Gasteiger partial charge in [0.15, 0.2) is 11.5 Å². The van der Waals surface area contributed by atoms with Crippen molar-refractivity contribution in [2.24, 2.45) is 5.73 Å². The highest BCUT2D eigenvalue weighted by molar-refractivity contribution is 5.76. The van der Waals surface area contributed by atoms with Gasteiger partial charge < -0.3 is 20.3 Å². The number of carboxylic acids is 1. The molecular weight excluding hydrogens is 222 g/mol. The zero-order chi connectivity index (χ0) is 12.4. The second-order valence-corrected chi connectivity index (χ2v) is 3.91. The van der Waals surface area contributed by atoms with Crippen LogP contribution in [0.3, 0.4) is 0 Å². The van der Waals surface area contributed by atoms with Crippen molar-refractivity contribution in [2.45, 2.75) is 25.6 Å². The number of nitrogens with two attached hydrogens (primary N) is 1. The van der Waals surface area contributed by atoms with Crippen molar-refractivity contribution >= 4 is 5.97 Å². The normalized spacial score (nSPS) is 19.1. The van der Waals surface area contributed by atoms with Gasteiger partial charge >= 0.3 is 5.97 Å². The maximum absolute atomic E-state index is 11.0. The van der Waals surface area contributed by atoms with Crippen molar-refractivity contribution in [3.8, 4) is 11.5 Å². The minimum absolute atomic E-state index is 0.0617. The predicted octanol–water partition coefficient (Wildman–Crippen LogP) is 1.32. The van der Waals surface area contributed by atoms with E-state index in [-0.39, 0.29) is 12.8 Å². The summed E-state index contributed by atoms with van der Waals surface area (Å²) in [6, 6.07) is 5.13. The molecule has 0 saturated heterocycles. The Morgan fingerprint density at radius 2 is 2.18 bits per heavy atom. The first-order valence-corrected chi connectivity index (χ1v) is 5.55. The summed E-state index contributed by atoms with van der Waals surface area (Å²) in [5, 5.41) is 9.02. The molecule has 1 aliphatic heterocycles. The standard InChI is InChI=1S/C12H15NO4/c1-2-11-16-9-4-3-7(5-10(9)17-11)8(6-13)12(14)15/h3-5,8,11H,2,6,13H2,1H3,(H,14,15). The van der Waals surface area contributed by atoms with Gasteiger partial charge in [-0.05, 0) is 17.7 Å². The van der Waals surface area contributed by atoms with Crippen molar-refractivity contribution in [1.29, 1.82) is 0 Å². The number of ether oxygens (including phenoxy) is 2. The number of hydrogen-bond donors (Lipinski definition) is 2. The maximum atomic E-state index is 11.0. The second kappa shape index (κ2) is 4.63. The number of benzene rings is 1. The Morgan fingerprint density at radius 1 is 1.47 bits per heavy atom. The van der Waals surface area contributed by atoms with Crippen molar-refractivity contribution in [3.63, 3.8) is 0 Å². The van der Waals surface area contributed by atoms with E-state index in [1.165, 1.54) is 0 Å². The lowest BCUT2D eigenvalue weighted by atomic mass is 9.99. The third-order valence-corrected chi connectivity index (χ3v) is 2.75. The van der Waals surface area contributed by atoms with Crippen LogP contribution < -0.4 is 15.2 Å². The first-order chi connectivity index (χ1) is 8.15. The number of rotatable bonds is 4. The molecule has 1 aliphatic rings. The zero-order valence-electron chi connectivity index (χ0n) is 9.55. The van der Waals surface area contributed by atoms with Crippen LogP contribution in [0.15, 0.2) is 18.2 Å². The highest BCUT2D eigenvalue weighted by Crippen LogP contribution is 2.37. The van der Waals surface area contributed by atoms with E-state index in [0.29, 0.717) is 17.1 Å². The molecule has 3 N–H and O–H groups in total. The number of carbonyl (C=O) groups is 1. The van der Waals surface area contributed by atoms with Crippen LogP contribution in [0.4, 0.5) is 0 Å². The Kier molecular flexibility index (Phi) is 3.19. The number of hydrogen-bond acceptors (Lipinski definition) is 4. The molecule has 5 heteroatoms. The maximum Gasteiger partial charge on any atom is 0.312 e. The molecule has 5 nitrogen and oxygen atoms in total. The van der Waals surface area contributed by atoms with Crippen LogP contribution in [0.1, 0.15) is 24.8 Å². The first-order valence-electron chi connectivity index (χ1n) is 5.55. The Balaban J connectivity index is 2.26. The van der Waals surface area contributed by atoms with E-state index in [1.807, 2.05) is 6.92 Å². The molecule has 0 amide bonds. The minimum atomic E-state index is -0.932. The monoisotopic (exact) mass is 237 g/mol. The lowest BCUT2D eigenvalue weighted by Crippen LogP contribution is -2.21. The summed E-state index contributed by atoms with van der Waals surface area (Å²) in [6.07, 6.45) is 0.463. The van der Waals surface area contributed by atoms with E-state index in [9.17, 15) is 4.79 Å². The lowest BCUT2D eigenvalue weighted by molar-refractivity contribution is -0.138. The molecule has 0 bridgehead atoms. The van der Waals surface area contributed by atoms with Gasteiger partial charge in [-0.25, -0.2) is 0 Å². The number of aliphatic carboxylic acids is 1. The SMILES string of the molecule is CCC1Oc2ccc(C(CN)C(=O)O)cc2O1. The molecule has 0 aromatic heterocycles. The summed E-state index contributed by atoms with van der Waals surface area (Å²) in [6.45, 7) is 2.02. The van der Waals surface area contributed by atoms with Crippen molar-refractivity contribution in [2.75, 3.05) is 6.54 Å². The minimum Gasteiger partial charge on any atom is -0.481 e. The predicted molar refractivity (Wildman–Crippen MR) is 61.2 cm³/mol. The van der Waals surface area contributed by atoms with Crippen LogP contribution in [0, 0.1) is 0 Å². The van der Waals surface area contributed by atoms with Crippen LogP contribution in [-0.2, 0) is 4.79 Å². The fourth-order valence-electron chi connectivity index (χ4n) is 1.78. The zero-order valence-corrected chi connectivity index (χ0v) is 9.55. The molecule has 1 aromatic rings. The summed E-state index contributed by atoms with van der Waals surface area (Å²) in [4.78, 5) is 11.0. The third-order valence-electron chi connectivity index (χ3n) is 2.75. The smallest absolute Gasteiger partial charge is 0.312 e. The van der Waals surface area contributed by atoms with E-state index < -0.39 is 11.9 Å². The highest BCUT2D eigenvalue weighted by atomic mass is 16.7. The van der Waals surface area contributed by atoms with Gasteiger partial charge in [0.05, 0.1) is 5.92 Å². The second-order valence-electron chi connectivity index (χ2n) is 3.91. The fraction of sp³-hybridized carbons (Fsp3) is 0.417. The Morgan fingerprint density at radius 3 is 2.76 bits per heavy atom. The fourth-order valence-corrected chi connectivity index (χ4v) is 1.78. The van der Waals surface area contributed by atoms with E-state index >= 15 is 0 Å². The molecule has 2 rings (SSSR count). The molecular formula is C12H15NO4. The topological polar surface area (TPSA) is 81.8 Å². The van der Waals surface area contributed by atoms with Crippen LogP contribution in [-0.4, -0.2) is 23.9 Å². The van der Waals surface area contributed by atoms with Crippen LogP contribution in [0.2, 0.25) is 0 Å². The summed E-state index contributed by atoms with van der Waals surface area (Å²) in [7, 11) is 0. The van der Waals surface area contributed by atoms with Crippen molar-refractivity contribution in [3.05, 3.63) is 23.8 Å². The first kappa shape index (κ1) is 11.7. The van der Waals surface area contributed by atoms with Crippen molar-refractivity contribution in [1.82, 2.24) is 0 Å². The average molecular weight is 237 g/mol. The van der Waals surface area contributed by atoms with E-state index in [2.05, 4.69) is 0 Å². The summed E-state index contributed by atoms with van der Waals surface area (Å²) in [5.74, 6) is -0.390. The molecule has 17 heavy (non-hydrogen) atoms. The highest BCUT2D eigenvalue weighted by Gasteiger charge is 2.25. The summed E-state index contributed by atoms with van der Waals surface area (Å²) >= 11 is 0. The molecule has 2 atom stereocenters. The average Bonchev–Trinajstić information content (AvgIpc) is 2.71. The van der Waals surface area contributed by atoms with Gasteiger partial charge in [0.1, 0.15) is 0 Å². The lowest BCUT2D eigenvalue weighted by Gasteiger charge is -2.10. The molecule has 0 aliphatic carbocycles. The Bertz CT molecular complexity index is 433. The van der Waals surface area contributed by atoms with Gasteiger partial charge in [-0.1, -0.05) is 13.0 Å². The van der Waals surface area contributed by atoms with E-state index in [1.54, 1.807) is 18.2 Å². The van der Waals surface area contributed by atoms with Gasteiger partial charge in [0, 0.05) is 13.0 Å². The number of carboxylic acid groups (broad SMARTS) is 1. The molecule has 1 heterocycles. The molecule has 1 aromatic carbocycles. The molecule has 92 valence electrons. The van der Waals surface area contributed by atoms with E-state index in [4.69, 9.17) is 20.3 Å². The largest absolute Gasteiger partial charge is 0.481 e. The van der Waals surface area contributed by atoms with Crippen LogP contribution >= 0.6 is 0 Å². The summed E-state index contributed by atoms with van der Waals surface area (Å²) < 4.78 is 11.0. The van der Waals surface area contributed by atoms with Crippen LogP contribution in [0.25, 0.3) is 0 Å². The van der Waals surface area contributed by atoms with Gasteiger partial charge in [0.25, 0.3) is 0 Å². The van der Waals surface area contributed by atoms with Crippen LogP contribution in [0.5, 0.6) is 11.5 Å².